The number of amides is 9. The molecule has 1 aliphatic carbocycles. The van der Waals surface area contributed by atoms with Gasteiger partial charge < -0.3 is 102 Å². The van der Waals surface area contributed by atoms with E-state index >= 15 is 4.79 Å². The third-order valence-corrected chi connectivity index (χ3v) is 16.7. The number of nitrogens with zero attached hydrogens (tertiary/aromatic N) is 7. The van der Waals surface area contributed by atoms with Crippen molar-refractivity contribution in [2.24, 2.45) is 55.1 Å². The fraction of sp³-hybridized carbons (Fsp3) is 0.583. The molecule has 0 aromatic heterocycles. The van der Waals surface area contributed by atoms with Gasteiger partial charge in [0.05, 0.1) is 31.8 Å². The van der Waals surface area contributed by atoms with Crippen LogP contribution in [0.3, 0.4) is 0 Å². The first-order chi connectivity index (χ1) is 43.9. The molecule has 2 saturated heterocycles. The van der Waals surface area contributed by atoms with Gasteiger partial charge in [-0.2, -0.15) is 0 Å². The molecule has 1 saturated carbocycles. The Kier molecular flexibility index (Phi) is 27.7. The summed E-state index contributed by atoms with van der Waals surface area (Å²) in [5, 5.41) is 44.7. The number of carboxylic acid groups (broad SMARTS) is 1. The number of carbonyl (C=O) groups excluding carboxylic acids is 9. The molecule has 2 aromatic rings. The molecule has 3 heterocycles. The number of aliphatic hydroxyl groups is 2. The van der Waals surface area contributed by atoms with Gasteiger partial charge in [-0.1, -0.05) is 73.9 Å². The average Bonchev–Trinajstić information content (AvgIpc) is 1.04. The zero-order chi connectivity index (χ0) is 67.0. The van der Waals surface area contributed by atoms with E-state index in [0.29, 0.717) is 36.8 Å². The molecule has 0 radical (unpaired) electrons. The lowest BCUT2D eigenvalue weighted by Crippen LogP contribution is -2.62. The normalized spacial score (nSPS) is 19.5. The van der Waals surface area contributed by atoms with Gasteiger partial charge >= 0.3 is 5.97 Å². The highest BCUT2D eigenvalue weighted by atomic mass is 16.4. The van der Waals surface area contributed by atoms with Gasteiger partial charge in [0.15, 0.2) is 17.9 Å². The molecule has 0 bridgehead atoms. The van der Waals surface area contributed by atoms with Gasteiger partial charge in [-0.15, -0.1) is 0 Å². The zero-order valence-electron chi connectivity index (χ0n) is 51.7. The van der Waals surface area contributed by atoms with E-state index in [-0.39, 0.29) is 115 Å². The smallest absolute Gasteiger partial charge is 0.326 e. The maximum Gasteiger partial charge on any atom is 0.326 e. The van der Waals surface area contributed by atoms with Crippen LogP contribution < -0.4 is 66.7 Å². The van der Waals surface area contributed by atoms with Crippen LogP contribution in [0.15, 0.2) is 69.6 Å². The second kappa shape index (κ2) is 35.4. The minimum Gasteiger partial charge on any atom is -0.480 e. The number of carbonyl (C=O) groups is 10. The number of benzene rings is 2. The molecule has 3 fully saturated rings. The first-order valence-corrected chi connectivity index (χ1v) is 31.2. The van der Waals surface area contributed by atoms with Crippen molar-refractivity contribution in [1.29, 1.82) is 0 Å². The molecule has 9 atom stereocenters. The van der Waals surface area contributed by atoms with E-state index in [9.17, 15) is 58.5 Å². The predicted molar refractivity (Wildman–Crippen MR) is 337 cm³/mol. The summed E-state index contributed by atoms with van der Waals surface area (Å²) in [7, 11) is 0. The van der Waals surface area contributed by atoms with Crippen molar-refractivity contribution in [2.45, 2.75) is 170 Å². The molecule has 32 heteroatoms. The maximum atomic E-state index is 15.1. The van der Waals surface area contributed by atoms with Gasteiger partial charge in [0, 0.05) is 64.6 Å². The molecular formula is C60H91N19O13. The Morgan fingerprint density at radius 1 is 0.609 bits per heavy atom. The molecule has 4 aliphatic rings. The van der Waals surface area contributed by atoms with Gasteiger partial charge in [-0.25, -0.2) is 4.79 Å². The number of likely N-dealkylation sites (tertiary alicyclic amines) is 2. The van der Waals surface area contributed by atoms with Crippen LogP contribution in [0.5, 0.6) is 0 Å². The summed E-state index contributed by atoms with van der Waals surface area (Å²) in [6.07, 6.45) is 3.59. The number of hydrogen-bond acceptors (Lipinski definition) is 16. The number of nitrogens with one attached hydrogen (secondary N) is 5. The van der Waals surface area contributed by atoms with Crippen LogP contribution in [0.1, 0.15) is 107 Å². The van der Waals surface area contributed by atoms with Crippen molar-refractivity contribution in [3.63, 3.8) is 0 Å². The first-order valence-electron chi connectivity index (χ1n) is 31.2. The molecule has 22 N–H and O–H groups in total. The second-order valence-corrected chi connectivity index (χ2v) is 23.5. The third kappa shape index (κ3) is 21.2. The fourth-order valence-corrected chi connectivity index (χ4v) is 12.0. The van der Waals surface area contributed by atoms with E-state index < -0.39 is 139 Å². The molecule has 9 amide bonds. The number of aliphatic imine (C=N–C) groups is 3. The molecule has 0 spiro atoms. The number of fused-ring (bicyclic) bond motifs is 1. The van der Waals surface area contributed by atoms with Crippen molar-refractivity contribution >= 4 is 77.0 Å². The largest absolute Gasteiger partial charge is 0.480 e. The molecule has 32 nitrogen and oxygen atoms in total. The number of carboxylic acids is 1. The van der Waals surface area contributed by atoms with Gasteiger partial charge in [0.25, 0.3) is 0 Å². The Hall–Kier alpha value is -9.17. The van der Waals surface area contributed by atoms with Crippen molar-refractivity contribution in [3.8, 4) is 0 Å². The van der Waals surface area contributed by atoms with Gasteiger partial charge in [-0.3, -0.25) is 58.1 Å². The molecule has 92 heavy (non-hydrogen) atoms. The van der Waals surface area contributed by atoms with Gasteiger partial charge in [-0.05, 0) is 80.9 Å². The van der Waals surface area contributed by atoms with E-state index in [1.165, 1.54) is 14.7 Å². The predicted octanol–water partition coefficient (Wildman–Crippen LogP) is -5.08. The third-order valence-electron chi connectivity index (χ3n) is 16.7. The van der Waals surface area contributed by atoms with Crippen LogP contribution in [0.4, 0.5) is 0 Å². The van der Waals surface area contributed by atoms with E-state index in [1.54, 1.807) is 48.5 Å². The number of β-amino-alcohol motifs (C(OH)–C–C–N with tert-alkyl or cyclic N) is 1. The monoisotopic (exact) mass is 1290 g/mol. The summed E-state index contributed by atoms with van der Waals surface area (Å²) in [4.78, 5) is 157. The average molecular weight is 1290 g/mol. The standard InChI is InChI=1S/C60H91N19O13/c61-40(19-9-23-68-58(62)63)50(84)74-41(20-10-24-69-59(64)65)53(87)76-26-12-22-45(76)55(89)79-32-39(81)29-46(79)52(86)71-30-48(82)73-43(27-35-13-3-1-4-14-35)51(85)75-44(34-80)54(88)78-31-37-16-8-7-15-36(37)28-47(78)56(90)77(38-17-5-2-6-18-38)33-49(83)72-42(57(91)92)21-11-25-70-60(66)67/h1,3-4,7-8,13-16,38-47,80-81H,2,5-6,9-12,17-34,61H2,(H,71,86)(H,72,83)(H,73,82)(H,74,84)(H,75,85)(H,91,92)(H4,62,63,68)(H4,64,65,69)(H4,66,67,70)/t39-,40-,41-,42-,43-,44-,45+,46+,47+/m0/s1. The van der Waals surface area contributed by atoms with E-state index in [0.717, 1.165) is 29.7 Å². The Balaban J connectivity index is 1.14. The molecule has 504 valence electrons. The Labute approximate surface area is 533 Å². The van der Waals surface area contributed by atoms with Crippen molar-refractivity contribution in [2.75, 3.05) is 52.4 Å². The van der Waals surface area contributed by atoms with Crippen LogP contribution in [-0.4, -0.2) is 225 Å². The number of rotatable bonds is 32. The Bertz CT molecular complexity index is 2990. The molecule has 0 unspecified atom stereocenters. The van der Waals surface area contributed by atoms with Crippen LogP contribution in [0, 0.1) is 0 Å². The molecule has 2 aromatic carbocycles. The number of guanidine groups is 3. The van der Waals surface area contributed by atoms with Crippen LogP contribution >= 0.6 is 0 Å². The molecule has 6 rings (SSSR count). The summed E-state index contributed by atoms with van der Waals surface area (Å²) in [6, 6.07) is 4.92. The van der Waals surface area contributed by atoms with E-state index in [2.05, 4.69) is 41.6 Å². The topological polar surface area (TPSA) is 524 Å². The van der Waals surface area contributed by atoms with Crippen LogP contribution in [0.2, 0.25) is 0 Å². The summed E-state index contributed by atoms with van der Waals surface area (Å²) < 4.78 is 0. The minimum atomic E-state index is -1.68. The lowest BCUT2D eigenvalue weighted by atomic mass is 9.90. The van der Waals surface area contributed by atoms with Gasteiger partial charge in [0.2, 0.25) is 53.2 Å². The van der Waals surface area contributed by atoms with Crippen LogP contribution in [0.25, 0.3) is 0 Å². The maximum absolute atomic E-state index is 15.1. The van der Waals surface area contributed by atoms with Crippen molar-refractivity contribution in [1.82, 2.24) is 46.2 Å². The second-order valence-electron chi connectivity index (χ2n) is 23.5. The highest BCUT2D eigenvalue weighted by Crippen LogP contribution is 2.30. The first kappa shape index (κ1) is 71.9. The summed E-state index contributed by atoms with van der Waals surface area (Å²) in [5.41, 5.74) is 40.8. The Morgan fingerprint density at radius 3 is 1.80 bits per heavy atom. The van der Waals surface area contributed by atoms with E-state index in [1.807, 2.05) is 6.07 Å². The summed E-state index contributed by atoms with van der Waals surface area (Å²) in [5.74, 6) is -8.46. The lowest BCUT2D eigenvalue weighted by Gasteiger charge is -2.42. The van der Waals surface area contributed by atoms with Gasteiger partial charge in [0.1, 0.15) is 42.3 Å². The van der Waals surface area contributed by atoms with Crippen molar-refractivity contribution in [3.05, 3.63) is 71.3 Å². The number of aliphatic carboxylic acids is 1. The van der Waals surface area contributed by atoms with E-state index in [4.69, 9.17) is 40.1 Å². The number of aliphatic hydroxyl groups excluding tert-OH is 2. The van der Waals surface area contributed by atoms with Crippen molar-refractivity contribution < 1.29 is 63.3 Å². The minimum absolute atomic E-state index is 0.00428. The highest BCUT2D eigenvalue weighted by Gasteiger charge is 2.47. The van der Waals surface area contributed by atoms with Crippen LogP contribution in [-0.2, 0) is 67.3 Å². The molecule has 3 aliphatic heterocycles. The number of nitrogens with two attached hydrogens (primary N) is 7. The lowest BCUT2D eigenvalue weighted by molar-refractivity contribution is -0.152. The SMILES string of the molecule is NC(N)=NCCC[C@H](NC(=O)CN(C(=O)[C@H]1Cc2ccccc2CN1C(=O)[C@H](CO)NC(=O)[C@H](Cc1ccccc1)NC(=O)CNC(=O)[C@H]1C[C@H](O)CN1C(=O)[C@H]1CCCN1C(=O)[C@H](CCCN=C(N)N)NC(=O)[C@@H](N)CCCN=C(N)N)C1CCCCC1)C(=O)O. The summed E-state index contributed by atoms with van der Waals surface area (Å²) >= 11 is 0. The highest BCUT2D eigenvalue weighted by molar-refractivity contribution is 5.98. The fourth-order valence-electron chi connectivity index (χ4n) is 12.0. The zero-order valence-corrected chi connectivity index (χ0v) is 51.7. The Morgan fingerprint density at radius 2 is 1.18 bits per heavy atom. The summed E-state index contributed by atoms with van der Waals surface area (Å²) in [6.45, 7) is -2.04. The number of hydrogen-bond donors (Lipinski definition) is 15. The molecular weight excluding hydrogens is 1190 g/mol. The quantitative estimate of drug-likeness (QED) is 0.0185.